The molecule has 0 atom stereocenters. The molecule has 4 heterocycles. The van der Waals surface area contributed by atoms with Gasteiger partial charge in [-0.1, -0.05) is 167 Å². The van der Waals surface area contributed by atoms with Crippen LogP contribution >= 0.6 is 0 Å². The molecule has 0 spiro atoms. The normalized spacial score (nSPS) is 14.9. The molecule has 0 amide bonds. The summed E-state index contributed by atoms with van der Waals surface area (Å²) in [5.74, 6) is 3.97. The maximum absolute atomic E-state index is 7.04. The van der Waals surface area contributed by atoms with Crippen molar-refractivity contribution in [3.63, 3.8) is 0 Å². The zero-order valence-corrected chi connectivity index (χ0v) is 37.2. The average Bonchev–Trinajstić information content (AvgIpc) is 3.18. The Balaban J connectivity index is 1.21. The van der Waals surface area contributed by atoms with Crippen LogP contribution in [0.3, 0.4) is 0 Å². The van der Waals surface area contributed by atoms with Crippen molar-refractivity contribution >= 4 is 78.5 Å². The SMILES string of the molecule is CC(C)(C)c1ccc2c(c1)Oc1cc(C(C)(C)C)cc3c1B2c1cc2ccc4c5c(cc6ccc-3c1c6c25)B1c2ccc(C(C)(C)C)cc2Oc2cc(C(C)(C)C)cc-4c21. The highest BCUT2D eigenvalue weighted by atomic mass is 16.5. The molecular formula is C56H52B2O2. The largest absolute Gasteiger partial charge is 0.458 e. The van der Waals surface area contributed by atoms with E-state index in [1.54, 1.807) is 0 Å². The molecule has 60 heavy (non-hydrogen) atoms. The van der Waals surface area contributed by atoms with Gasteiger partial charge in [0.05, 0.1) is 0 Å². The van der Waals surface area contributed by atoms with Crippen LogP contribution < -0.4 is 42.3 Å². The van der Waals surface area contributed by atoms with Crippen LogP contribution in [-0.4, -0.2) is 13.4 Å². The van der Waals surface area contributed by atoms with E-state index in [0.717, 1.165) is 23.0 Å². The molecule has 294 valence electrons. The lowest BCUT2D eigenvalue weighted by Gasteiger charge is -2.38. The Hall–Kier alpha value is -5.47. The molecule has 0 saturated carbocycles. The molecular weight excluding hydrogens is 726 g/mol. The third kappa shape index (κ3) is 4.80. The molecule has 0 fully saturated rings. The van der Waals surface area contributed by atoms with Gasteiger partial charge in [-0.3, -0.25) is 0 Å². The number of benzene rings is 8. The molecule has 2 nitrogen and oxygen atoms in total. The summed E-state index contributed by atoms with van der Waals surface area (Å²) in [7, 11) is 0. The summed E-state index contributed by atoms with van der Waals surface area (Å²) >= 11 is 0. The van der Waals surface area contributed by atoms with Gasteiger partial charge in [0.1, 0.15) is 23.0 Å². The van der Waals surface area contributed by atoms with Crippen LogP contribution in [0.2, 0.25) is 0 Å². The van der Waals surface area contributed by atoms with E-state index < -0.39 is 0 Å². The van der Waals surface area contributed by atoms with E-state index in [2.05, 4.69) is 180 Å². The molecule has 0 aliphatic carbocycles. The van der Waals surface area contributed by atoms with Crippen LogP contribution in [0, 0.1) is 0 Å². The minimum absolute atomic E-state index is 0.00832. The second kappa shape index (κ2) is 11.3. The van der Waals surface area contributed by atoms with Crippen LogP contribution in [-0.2, 0) is 21.7 Å². The van der Waals surface area contributed by atoms with Crippen LogP contribution in [0.25, 0.3) is 54.6 Å². The quantitative estimate of drug-likeness (QED) is 0.113. The van der Waals surface area contributed by atoms with Crippen molar-refractivity contribution in [2.45, 2.75) is 105 Å². The van der Waals surface area contributed by atoms with Gasteiger partial charge in [0.2, 0.25) is 0 Å². The summed E-state index contributed by atoms with van der Waals surface area (Å²) in [6, 6.07) is 38.4. The Bertz CT molecular complexity index is 3030. The lowest BCUT2D eigenvalue weighted by Crippen LogP contribution is -2.58. The highest BCUT2D eigenvalue weighted by Gasteiger charge is 2.44. The summed E-state index contributed by atoms with van der Waals surface area (Å²) in [5, 5.41) is 8.17. The summed E-state index contributed by atoms with van der Waals surface area (Å²) < 4.78 is 14.1. The van der Waals surface area contributed by atoms with Crippen LogP contribution in [0.5, 0.6) is 23.0 Å². The van der Waals surface area contributed by atoms with E-state index >= 15 is 0 Å². The summed E-state index contributed by atoms with van der Waals surface area (Å²) in [5.41, 5.74) is 18.2. The Labute approximate surface area is 355 Å². The molecule has 8 aromatic rings. The lowest BCUT2D eigenvalue weighted by atomic mass is 9.31. The first-order valence-corrected chi connectivity index (χ1v) is 22.1. The number of rotatable bonds is 0. The fourth-order valence-corrected chi connectivity index (χ4v) is 11.2. The maximum Gasteiger partial charge on any atom is 0.252 e. The molecule has 0 bridgehead atoms. The Kier molecular flexibility index (Phi) is 6.83. The summed E-state index contributed by atoms with van der Waals surface area (Å²) in [6.45, 7) is 27.8. The van der Waals surface area contributed by atoms with Crippen LogP contribution in [0.1, 0.15) is 105 Å². The smallest absolute Gasteiger partial charge is 0.252 e. The van der Waals surface area contributed by atoms with Crippen molar-refractivity contribution in [1.29, 1.82) is 0 Å². The lowest BCUT2D eigenvalue weighted by molar-refractivity contribution is 0.479. The van der Waals surface area contributed by atoms with Crippen molar-refractivity contribution in [2.75, 3.05) is 0 Å². The van der Waals surface area contributed by atoms with E-state index in [-0.39, 0.29) is 35.1 Å². The predicted molar refractivity (Wildman–Crippen MR) is 258 cm³/mol. The van der Waals surface area contributed by atoms with Gasteiger partial charge in [0, 0.05) is 0 Å². The molecule has 8 aromatic carbocycles. The second-order valence-corrected chi connectivity index (χ2v) is 22.6. The third-order valence-electron chi connectivity index (χ3n) is 14.5. The average molecular weight is 779 g/mol. The second-order valence-electron chi connectivity index (χ2n) is 22.6. The number of fused-ring (bicyclic) bond motifs is 8. The van der Waals surface area contributed by atoms with E-state index in [0.29, 0.717) is 0 Å². The zero-order valence-electron chi connectivity index (χ0n) is 37.2. The predicted octanol–water partition coefficient (Wildman–Crippen LogP) is 11.0. The van der Waals surface area contributed by atoms with Gasteiger partial charge in [0.15, 0.2) is 0 Å². The Morgan fingerprint density at radius 2 is 0.683 bits per heavy atom. The highest BCUT2D eigenvalue weighted by molar-refractivity contribution is 7.01. The van der Waals surface area contributed by atoms with Gasteiger partial charge in [-0.25, -0.2) is 0 Å². The molecule has 0 radical (unpaired) electrons. The van der Waals surface area contributed by atoms with Crippen molar-refractivity contribution in [1.82, 2.24) is 0 Å². The maximum atomic E-state index is 7.04. The zero-order chi connectivity index (χ0) is 41.7. The fourth-order valence-electron chi connectivity index (χ4n) is 11.2. The first-order chi connectivity index (χ1) is 28.3. The Morgan fingerprint density at radius 3 is 1.05 bits per heavy atom. The van der Waals surface area contributed by atoms with Crippen molar-refractivity contribution in [3.05, 3.63) is 119 Å². The Morgan fingerprint density at radius 1 is 0.317 bits per heavy atom. The van der Waals surface area contributed by atoms with Crippen LogP contribution in [0.15, 0.2) is 97.1 Å². The van der Waals surface area contributed by atoms with Crippen molar-refractivity contribution in [3.8, 4) is 45.3 Å². The van der Waals surface area contributed by atoms with Gasteiger partial charge >= 0.3 is 0 Å². The number of hydrogen-bond donors (Lipinski definition) is 0. The topological polar surface area (TPSA) is 18.5 Å². The minimum Gasteiger partial charge on any atom is -0.458 e. The molecule has 0 saturated heterocycles. The molecule has 0 N–H and O–H groups in total. The van der Waals surface area contributed by atoms with E-state index in [1.165, 1.54) is 110 Å². The molecule has 4 aliphatic rings. The molecule has 4 heteroatoms. The minimum atomic E-state index is -0.0470. The third-order valence-corrected chi connectivity index (χ3v) is 14.5. The summed E-state index contributed by atoms with van der Waals surface area (Å²) in [6.07, 6.45) is 0. The molecule has 0 unspecified atom stereocenters. The van der Waals surface area contributed by atoms with E-state index in [9.17, 15) is 0 Å². The molecule has 4 aliphatic heterocycles. The van der Waals surface area contributed by atoms with Crippen molar-refractivity contribution in [2.24, 2.45) is 0 Å². The van der Waals surface area contributed by atoms with Gasteiger partial charge in [-0.15, -0.1) is 0 Å². The number of ether oxygens (including phenoxy) is 2. The first kappa shape index (κ1) is 36.4. The fraction of sp³-hybridized carbons (Fsp3) is 0.286. The van der Waals surface area contributed by atoms with Crippen LogP contribution in [0.4, 0.5) is 0 Å². The van der Waals surface area contributed by atoms with Gasteiger partial charge < -0.3 is 9.47 Å². The summed E-state index contributed by atoms with van der Waals surface area (Å²) in [4.78, 5) is 0. The van der Waals surface area contributed by atoms with Gasteiger partial charge in [-0.05, 0) is 145 Å². The molecule has 12 rings (SSSR count). The highest BCUT2D eigenvalue weighted by Crippen LogP contribution is 2.48. The van der Waals surface area contributed by atoms with Crippen molar-refractivity contribution < 1.29 is 9.47 Å². The van der Waals surface area contributed by atoms with Gasteiger partial charge in [0.25, 0.3) is 13.4 Å². The van der Waals surface area contributed by atoms with Gasteiger partial charge in [-0.2, -0.15) is 0 Å². The molecule has 0 aromatic heterocycles. The number of hydrogen-bond acceptors (Lipinski definition) is 2. The van der Waals surface area contributed by atoms with E-state index in [1.807, 2.05) is 0 Å². The van der Waals surface area contributed by atoms with E-state index in [4.69, 9.17) is 9.47 Å². The monoisotopic (exact) mass is 778 g/mol. The first-order valence-electron chi connectivity index (χ1n) is 22.1. The standard InChI is InChI=1S/C56H52B2O2/c1-53(2,3)31-15-19-39-43(25-31)59-45-27-33(55(7,8)9)23-37-35-17-14-30-22-42-50-36(18-13-29-21-41(57(39)51(37)45)49(35)47(30)48(29)50)38-24-34(56(10,11)12)28-46-52(38)58(42)40-20-16-32(54(4,5)6)26-44(40)60-46/h13-28H,1-12H3.